The molecule has 0 spiro atoms. The maximum absolute atomic E-state index is 11.4. The Morgan fingerprint density at radius 2 is 1.83 bits per heavy atom. The second-order valence-electron chi connectivity index (χ2n) is 8.74. The maximum atomic E-state index is 11.4. The number of amides is 1. The molecule has 0 bridgehead atoms. The molecular weight excluding hydrogens is 444 g/mol. The minimum absolute atomic E-state index is 0.100. The predicted octanol–water partition coefficient (Wildman–Crippen LogP) is 4.18. The Morgan fingerprint density at radius 3 is 2.60 bits per heavy atom. The number of carbonyl (C=O) groups excluding carboxylic acids is 1. The van der Waals surface area contributed by atoms with Gasteiger partial charge in [0.15, 0.2) is 0 Å². The van der Waals surface area contributed by atoms with Crippen molar-refractivity contribution in [2.45, 2.75) is 38.4 Å². The molecule has 1 heterocycles. The van der Waals surface area contributed by atoms with Gasteiger partial charge in [0.1, 0.15) is 12.4 Å². The topological polar surface area (TPSA) is 111 Å². The third kappa shape index (κ3) is 7.07. The standard InChI is InChI=1S/C28H30N2O5/c29-27(31)14-19-5-3-7-21(11-19)23-12-20(13-24(15-23)30-17-25-8-4-10-34-25)18-35-26-9-2-1-6-22(26)16-28(32)33/h1-3,5-7,9,11-13,15,25,30H,4,8,10,14,16-18H2,(H2,29,31)(H,32,33). The van der Waals surface area contributed by atoms with E-state index in [0.717, 1.165) is 47.4 Å². The fraction of sp³-hybridized carbons (Fsp3) is 0.286. The van der Waals surface area contributed by atoms with Crippen molar-refractivity contribution in [3.8, 4) is 16.9 Å². The van der Waals surface area contributed by atoms with E-state index in [4.69, 9.17) is 15.2 Å². The molecule has 1 atom stereocenters. The summed E-state index contributed by atoms with van der Waals surface area (Å²) in [7, 11) is 0. The van der Waals surface area contributed by atoms with Gasteiger partial charge in [0.2, 0.25) is 5.91 Å². The number of rotatable bonds is 11. The van der Waals surface area contributed by atoms with Gasteiger partial charge in [0.05, 0.1) is 18.9 Å². The largest absolute Gasteiger partial charge is 0.489 e. The molecule has 1 saturated heterocycles. The number of nitrogens with one attached hydrogen (secondary N) is 1. The molecule has 1 amide bonds. The summed E-state index contributed by atoms with van der Waals surface area (Å²) in [5.74, 6) is -0.722. The highest BCUT2D eigenvalue weighted by Gasteiger charge is 2.15. The first-order valence-electron chi connectivity index (χ1n) is 11.8. The highest BCUT2D eigenvalue weighted by atomic mass is 16.5. The van der Waals surface area contributed by atoms with E-state index in [1.165, 1.54) is 0 Å². The normalized spacial score (nSPS) is 15.0. The van der Waals surface area contributed by atoms with E-state index < -0.39 is 5.97 Å². The Kier molecular flexibility index (Phi) is 8.00. The van der Waals surface area contributed by atoms with Gasteiger partial charge < -0.3 is 25.6 Å². The zero-order valence-electron chi connectivity index (χ0n) is 19.5. The zero-order valence-corrected chi connectivity index (χ0v) is 19.5. The van der Waals surface area contributed by atoms with Crippen molar-refractivity contribution < 1.29 is 24.2 Å². The van der Waals surface area contributed by atoms with Crippen LogP contribution in [-0.2, 0) is 33.8 Å². The van der Waals surface area contributed by atoms with Crippen molar-refractivity contribution in [2.24, 2.45) is 5.73 Å². The van der Waals surface area contributed by atoms with Crippen LogP contribution in [0.1, 0.15) is 29.5 Å². The molecule has 35 heavy (non-hydrogen) atoms. The second-order valence-corrected chi connectivity index (χ2v) is 8.74. The van der Waals surface area contributed by atoms with Crippen molar-refractivity contribution >= 4 is 17.6 Å². The molecule has 4 rings (SSSR count). The van der Waals surface area contributed by atoms with Crippen LogP contribution < -0.4 is 15.8 Å². The summed E-state index contributed by atoms with van der Waals surface area (Å²) >= 11 is 0. The summed E-state index contributed by atoms with van der Waals surface area (Å²) in [5.41, 5.74) is 10.7. The number of ether oxygens (including phenoxy) is 2. The molecular formula is C28H30N2O5. The average molecular weight is 475 g/mol. The highest BCUT2D eigenvalue weighted by Crippen LogP contribution is 2.28. The summed E-state index contributed by atoms with van der Waals surface area (Å²) in [6, 6.07) is 21.1. The Balaban J connectivity index is 1.59. The van der Waals surface area contributed by atoms with Gasteiger partial charge >= 0.3 is 5.97 Å². The third-order valence-corrected chi connectivity index (χ3v) is 5.90. The van der Waals surface area contributed by atoms with Gasteiger partial charge in [-0.1, -0.05) is 42.5 Å². The monoisotopic (exact) mass is 474 g/mol. The minimum atomic E-state index is -0.903. The number of primary amides is 1. The number of nitrogens with two attached hydrogens (primary N) is 1. The lowest BCUT2D eigenvalue weighted by atomic mass is 9.99. The molecule has 3 aromatic rings. The summed E-state index contributed by atoms with van der Waals surface area (Å²) in [6.45, 7) is 1.79. The van der Waals surface area contributed by atoms with Crippen LogP contribution in [0.15, 0.2) is 66.7 Å². The molecule has 1 fully saturated rings. The van der Waals surface area contributed by atoms with Crippen LogP contribution in [0.5, 0.6) is 5.75 Å². The Labute approximate surface area is 204 Å². The second kappa shape index (κ2) is 11.5. The molecule has 1 unspecified atom stereocenters. The lowest BCUT2D eigenvalue weighted by Gasteiger charge is -2.16. The van der Waals surface area contributed by atoms with E-state index in [9.17, 15) is 14.7 Å². The highest BCUT2D eigenvalue weighted by molar-refractivity contribution is 5.78. The van der Waals surface area contributed by atoms with Crippen LogP contribution in [0, 0.1) is 0 Å². The first kappa shape index (κ1) is 24.3. The molecule has 7 nitrogen and oxygen atoms in total. The van der Waals surface area contributed by atoms with Gasteiger partial charge in [-0.05, 0) is 59.4 Å². The SMILES string of the molecule is NC(=O)Cc1cccc(-c2cc(COc3ccccc3CC(=O)O)cc(NCC3CCCO3)c2)c1. The molecule has 1 aliphatic rings. The zero-order chi connectivity index (χ0) is 24.6. The molecule has 0 aliphatic carbocycles. The fourth-order valence-electron chi connectivity index (χ4n) is 4.26. The average Bonchev–Trinajstić information content (AvgIpc) is 3.35. The van der Waals surface area contributed by atoms with Crippen LogP contribution in [0.25, 0.3) is 11.1 Å². The summed E-state index contributed by atoms with van der Waals surface area (Å²) < 4.78 is 11.8. The van der Waals surface area contributed by atoms with E-state index in [1.54, 1.807) is 18.2 Å². The lowest BCUT2D eigenvalue weighted by Crippen LogP contribution is -2.18. The van der Waals surface area contributed by atoms with Crippen LogP contribution >= 0.6 is 0 Å². The van der Waals surface area contributed by atoms with E-state index in [1.807, 2.05) is 42.5 Å². The predicted molar refractivity (Wildman–Crippen MR) is 134 cm³/mol. The molecule has 7 heteroatoms. The maximum Gasteiger partial charge on any atom is 0.307 e. The van der Waals surface area contributed by atoms with Crippen LogP contribution in [-0.4, -0.2) is 36.2 Å². The first-order chi connectivity index (χ1) is 17.0. The Hall–Kier alpha value is -3.84. The number of para-hydroxylation sites is 1. The molecule has 0 aromatic heterocycles. The summed E-state index contributed by atoms with van der Waals surface area (Å²) in [5, 5.41) is 12.7. The van der Waals surface area contributed by atoms with Gasteiger partial charge in [-0.2, -0.15) is 0 Å². The number of hydrogen-bond acceptors (Lipinski definition) is 5. The molecule has 4 N–H and O–H groups in total. The Bertz CT molecular complexity index is 1190. The fourth-order valence-corrected chi connectivity index (χ4v) is 4.26. The van der Waals surface area contributed by atoms with Crippen molar-refractivity contribution in [2.75, 3.05) is 18.5 Å². The van der Waals surface area contributed by atoms with E-state index >= 15 is 0 Å². The Morgan fingerprint density at radius 1 is 1.00 bits per heavy atom. The van der Waals surface area contributed by atoms with Gasteiger partial charge in [-0.3, -0.25) is 9.59 Å². The van der Waals surface area contributed by atoms with E-state index in [-0.39, 0.29) is 31.5 Å². The number of carboxylic acid groups (broad SMARTS) is 1. The van der Waals surface area contributed by atoms with Gasteiger partial charge in [-0.25, -0.2) is 0 Å². The number of anilines is 1. The number of benzene rings is 3. The van der Waals surface area contributed by atoms with Gasteiger partial charge in [-0.15, -0.1) is 0 Å². The molecule has 182 valence electrons. The van der Waals surface area contributed by atoms with E-state index in [0.29, 0.717) is 17.9 Å². The molecule has 0 radical (unpaired) electrons. The number of aliphatic carboxylic acids is 1. The minimum Gasteiger partial charge on any atom is -0.489 e. The van der Waals surface area contributed by atoms with E-state index in [2.05, 4.69) is 11.4 Å². The summed E-state index contributed by atoms with van der Waals surface area (Å²) in [4.78, 5) is 22.6. The van der Waals surface area contributed by atoms with Crippen molar-refractivity contribution in [3.05, 3.63) is 83.4 Å². The van der Waals surface area contributed by atoms with Gasteiger partial charge in [0.25, 0.3) is 0 Å². The molecule has 0 saturated carbocycles. The van der Waals surface area contributed by atoms with Crippen molar-refractivity contribution in [1.29, 1.82) is 0 Å². The number of carboxylic acids is 1. The smallest absolute Gasteiger partial charge is 0.307 e. The van der Waals surface area contributed by atoms with Gasteiger partial charge in [0, 0.05) is 24.4 Å². The number of carbonyl (C=O) groups is 2. The van der Waals surface area contributed by atoms with Crippen LogP contribution in [0.4, 0.5) is 5.69 Å². The number of hydrogen-bond donors (Lipinski definition) is 3. The quantitative estimate of drug-likeness (QED) is 0.385. The lowest BCUT2D eigenvalue weighted by molar-refractivity contribution is -0.136. The van der Waals surface area contributed by atoms with Crippen LogP contribution in [0.3, 0.4) is 0 Å². The van der Waals surface area contributed by atoms with Crippen molar-refractivity contribution in [3.63, 3.8) is 0 Å². The van der Waals surface area contributed by atoms with Crippen molar-refractivity contribution in [1.82, 2.24) is 0 Å². The third-order valence-electron chi connectivity index (χ3n) is 5.90. The first-order valence-corrected chi connectivity index (χ1v) is 11.8. The van der Waals surface area contributed by atoms with Crippen LogP contribution in [0.2, 0.25) is 0 Å². The molecule has 1 aliphatic heterocycles. The molecule has 3 aromatic carbocycles. The summed E-state index contributed by atoms with van der Waals surface area (Å²) in [6.07, 6.45) is 2.39.